The fourth-order valence-corrected chi connectivity index (χ4v) is 3.10. The van der Waals surface area contributed by atoms with Crippen molar-refractivity contribution in [3.63, 3.8) is 0 Å². The lowest BCUT2D eigenvalue weighted by Crippen LogP contribution is -2.25. The summed E-state index contributed by atoms with van der Waals surface area (Å²) in [5, 5.41) is 6.01. The summed E-state index contributed by atoms with van der Waals surface area (Å²) >= 11 is 1.32. The van der Waals surface area contributed by atoms with Gasteiger partial charge in [-0.05, 0) is 11.0 Å². The number of ether oxygens (including phenoxy) is 1. The molecule has 2 heterocycles. The predicted octanol–water partition coefficient (Wildman–Crippen LogP) is 1.74. The summed E-state index contributed by atoms with van der Waals surface area (Å²) in [5.41, 5.74) is 0.765. The molecule has 0 bridgehead atoms. The van der Waals surface area contributed by atoms with E-state index in [1.807, 2.05) is 35.7 Å². The molecule has 2 aromatic rings. The molecule has 3 rings (SSSR count). The molecule has 0 saturated heterocycles. The van der Waals surface area contributed by atoms with Gasteiger partial charge in [-0.1, -0.05) is 42.1 Å². The van der Waals surface area contributed by atoms with Gasteiger partial charge < -0.3 is 4.74 Å². The number of carbonyl (C=O) groups excluding carboxylic acids is 1. The van der Waals surface area contributed by atoms with E-state index in [1.165, 1.54) is 27.9 Å². The molecule has 7 heteroatoms. The number of esters is 1. The summed E-state index contributed by atoms with van der Waals surface area (Å²) in [6.07, 6.45) is 0. The van der Waals surface area contributed by atoms with Gasteiger partial charge in [-0.25, -0.2) is 14.0 Å². The van der Waals surface area contributed by atoms with Crippen molar-refractivity contribution in [2.45, 2.75) is 12.4 Å². The number of thioether (sulfide) groups is 1. The van der Waals surface area contributed by atoms with Crippen molar-refractivity contribution in [3.8, 4) is 0 Å². The molecule has 6 nitrogen and oxygen atoms in total. The smallest absolute Gasteiger partial charge is 0.350 e. The minimum absolute atomic E-state index is 0.266. The Morgan fingerprint density at radius 1 is 1.33 bits per heavy atom. The van der Waals surface area contributed by atoms with Crippen LogP contribution in [0.25, 0.3) is 5.70 Å². The van der Waals surface area contributed by atoms with Gasteiger partial charge in [0.1, 0.15) is 0 Å². The highest BCUT2D eigenvalue weighted by Crippen LogP contribution is 2.38. The van der Waals surface area contributed by atoms with Crippen LogP contribution in [-0.2, 0) is 16.6 Å². The highest BCUT2D eigenvalue weighted by atomic mass is 32.2. The van der Waals surface area contributed by atoms with Crippen molar-refractivity contribution in [1.29, 1.82) is 0 Å². The van der Waals surface area contributed by atoms with E-state index >= 15 is 0 Å². The third-order valence-corrected chi connectivity index (χ3v) is 3.96. The number of hydrogen-bond acceptors (Lipinski definition) is 5. The van der Waals surface area contributed by atoms with Crippen molar-refractivity contribution in [3.05, 3.63) is 57.6 Å². The van der Waals surface area contributed by atoms with Crippen LogP contribution < -0.4 is 5.69 Å². The Morgan fingerprint density at radius 3 is 2.71 bits per heavy atom. The fraction of sp³-hybridized carbons (Fsp3) is 0.214. The Morgan fingerprint density at radius 2 is 2.05 bits per heavy atom. The van der Waals surface area contributed by atoms with Crippen LogP contribution in [-0.4, -0.2) is 20.3 Å². The summed E-state index contributed by atoms with van der Waals surface area (Å²) in [7, 11) is 1.58. The molecule has 108 valence electrons. The van der Waals surface area contributed by atoms with Gasteiger partial charge in [-0.15, -0.1) is 5.10 Å². The molecule has 0 N–H and O–H groups in total. The van der Waals surface area contributed by atoms with E-state index in [0.717, 1.165) is 11.3 Å². The van der Waals surface area contributed by atoms with Crippen LogP contribution in [0.1, 0.15) is 23.7 Å². The van der Waals surface area contributed by atoms with E-state index in [0.29, 0.717) is 5.82 Å². The zero-order chi connectivity index (χ0) is 15.0. The number of rotatable bonds is 2. The maximum atomic E-state index is 12.3. The molecule has 1 aliphatic heterocycles. The van der Waals surface area contributed by atoms with Gasteiger partial charge in [0.25, 0.3) is 0 Å². The van der Waals surface area contributed by atoms with E-state index in [9.17, 15) is 9.59 Å². The Bertz CT molecular complexity index is 777. The van der Waals surface area contributed by atoms with E-state index in [-0.39, 0.29) is 5.69 Å². The Kier molecular flexibility index (Phi) is 3.42. The quantitative estimate of drug-likeness (QED) is 0.791. The second-order valence-corrected chi connectivity index (χ2v) is 5.48. The molecule has 1 unspecified atom stereocenters. The summed E-state index contributed by atoms with van der Waals surface area (Å²) in [6.45, 7) is 1.34. The third-order valence-electron chi connectivity index (χ3n) is 3.05. The molecule has 0 amide bonds. The SMILES string of the molecule is CC(=O)OC1SC=C(c2ccccc2)n2c1nn(C)c2=O. The van der Waals surface area contributed by atoms with E-state index in [1.54, 1.807) is 7.05 Å². The minimum Gasteiger partial charge on any atom is -0.443 e. The molecule has 1 aromatic heterocycles. The summed E-state index contributed by atoms with van der Waals surface area (Å²) < 4.78 is 7.94. The lowest BCUT2D eigenvalue weighted by molar-refractivity contribution is -0.142. The van der Waals surface area contributed by atoms with Crippen molar-refractivity contribution < 1.29 is 9.53 Å². The standard InChI is InChI=1S/C14H13N3O3S/c1-9(18)20-13-12-15-16(2)14(19)17(12)11(8-21-13)10-6-4-3-5-7-10/h3-8,13H,1-2H3. The third kappa shape index (κ3) is 2.40. The molecular formula is C14H13N3O3S. The first-order valence-corrected chi connectivity index (χ1v) is 7.27. The van der Waals surface area contributed by atoms with Gasteiger partial charge in [0.15, 0.2) is 5.82 Å². The summed E-state index contributed by atoms with van der Waals surface area (Å²) in [4.78, 5) is 23.5. The van der Waals surface area contributed by atoms with Crippen molar-refractivity contribution in [2.75, 3.05) is 0 Å². The van der Waals surface area contributed by atoms with E-state index in [2.05, 4.69) is 5.10 Å². The number of carbonyl (C=O) groups is 1. The van der Waals surface area contributed by atoms with Crippen molar-refractivity contribution >= 4 is 23.4 Å². The van der Waals surface area contributed by atoms with Crippen LogP contribution >= 0.6 is 11.8 Å². The number of aromatic nitrogens is 3. The number of fused-ring (bicyclic) bond motifs is 1. The average Bonchev–Trinajstić information content (AvgIpc) is 2.77. The summed E-state index contributed by atoms with van der Waals surface area (Å²) in [5.74, 6) is 0.0118. The van der Waals surface area contributed by atoms with E-state index < -0.39 is 11.4 Å². The summed E-state index contributed by atoms with van der Waals surface area (Å²) in [6, 6.07) is 9.55. The van der Waals surface area contributed by atoms with Crippen LogP contribution in [0.15, 0.2) is 40.5 Å². The zero-order valence-corrected chi connectivity index (χ0v) is 12.3. The predicted molar refractivity (Wildman–Crippen MR) is 79.4 cm³/mol. The Balaban J connectivity index is 2.13. The number of aryl methyl sites for hydroxylation is 1. The van der Waals surface area contributed by atoms with Crippen LogP contribution in [0.2, 0.25) is 0 Å². The molecule has 0 aliphatic carbocycles. The number of benzene rings is 1. The van der Waals surface area contributed by atoms with Crippen LogP contribution in [0.5, 0.6) is 0 Å². The van der Waals surface area contributed by atoms with Gasteiger partial charge in [0.05, 0.1) is 5.70 Å². The highest BCUT2D eigenvalue weighted by Gasteiger charge is 2.30. The monoisotopic (exact) mass is 303 g/mol. The lowest BCUT2D eigenvalue weighted by atomic mass is 10.2. The van der Waals surface area contributed by atoms with Gasteiger partial charge >= 0.3 is 11.7 Å². The maximum absolute atomic E-state index is 12.3. The maximum Gasteiger partial charge on any atom is 0.350 e. The second-order valence-electron chi connectivity index (χ2n) is 4.55. The van der Waals surface area contributed by atoms with Gasteiger partial charge in [-0.3, -0.25) is 4.79 Å². The average molecular weight is 303 g/mol. The van der Waals surface area contributed by atoms with Gasteiger partial charge in [0, 0.05) is 14.0 Å². The van der Waals surface area contributed by atoms with E-state index in [4.69, 9.17) is 4.74 Å². The molecule has 0 radical (unpaired) electrons. The highest BCUT2D eigenvalue weighted by molar-refractivity contribution is 8.02. The van der Waals surface area contributed by atoms with Gasteiger partial charge in [0.2, 0.25) is 5.44 Å². The second kappa shape index (κ2) is 5.25. The first-order chi connectivity index (χ1) is 10.1. The number of hydrogen-bond donors (Lipinski definition) is 0. The Hall–Kier alpha value is -2.28. The number of nitrogens with zero attached hydrogens (tertiary/aromatic N) is 3. The lowest BCUT2D eigenvalue weighted by Gasteiger charge is -2.21. The van der Waals surface area contributed by atoms with Crippen LogP contribution in [0.3, 0.4) is 0 Å². The minimum atomic E-state index is -0.608. The van der Waals surface area contributed by atoms with Crippen molar-refractivity contribution in [2.24, 2.45) is 7.05 Å². The molecule has 1 atom stereocenters. The zero-order valence-electron chi connectivity index (χ0n) is 11.5. The molecule has 1 aliphatic rings. The molecular weight excluding hydrogens is 290 g/mol. The topological polar surface area (TPSA) is 66.1 Å². The molecule has 1 aromatic carbocycles. The Labute approximate surface area is 125 Å². The fourth-order valence-electron chi connectivity index (χ4n) is 2.14. The van der Waals surface area contributed by atoms with Crippen LogP contribution in [0, 0.1) is 0 Å². The first-order valence-electron chi connectivity index (χ1n) is 6.32. The largest absolute Gasteiger partial charge is 0.443 e. The first kappa shape index (κ1) is 13.7. The molecule has 0 spiro atoms. The molecule has 0 fully saturated rings. The van der Waals surface area contributed by atoms with Crippen LogP contribution in [0.4, 0.5) is 0 Å². The molecule has 0 saturated carbocycles. The van der Waals surface area contributed by atoms with Crippen molar-refractivity contribution in [1.82, 2.24) is 14.3 Å². The molecule has 21 heavy (non-hydrogen) atoms. The van der Waals surface area contributed by atoms with Gasteiger partial charge in [-0.2, -0.15) is 0 Å². The normalized spacial score (nSPS) is 17.0.